The molecule has 1 saturated heterocycles. The Balaban J connectivity index is 2.18. The molecule has 0 spiro atoms. The first-order valence-electron chi connectivity index (χ1n) is 6.03. The molecule has 2 rings (SSSR count). The third kappa shape index (κ3) is 2.77. The van der Waals surface area contributed by atoms with Crippen LogP contribution in [0, 0.1) is 6.92 Å². The number of aryl methyl sites for hydroxylation is 1. The minimum Gasteiger partial charge on any atom is -0.464 e. The highest BCUT2D eigenvalue weighted by Crippen LogP contribution is 2.27. The maximum absolute atomic E-state index is 11.5. The van der Waals surface area contributed by atoms with E-state index in [1.165, 1.54) is 32.8 Å². The summed E-state index contributed by atoms with van der Waals surface area (Å²) in [6.45, 7) is 4.02. The molecule has 0 aromatic carbocycles. The van der Waals surface area contributed by atoms with Gasteiger partial charge in [0.1, 0.15) is 0 Å². The molecule has 0 unspecified atom stereocenters. The molecule has 0 bridgehead atoms. The van der Waals surface area contributed by atoms with Gasteiger partial charge in [0.15, 0.2) is 10.8 Å². The summed E-state index contributed by atoms with van der Waals surface area (Å²) < 4.78 is 4.73. The molecule has 0 amide bonds. The summed E-state index contributed by atoms with van der Waals surface area (Å²) in [4.78, 5) is 19.1. The molecule has 1 fully saturated rings. The Bertz CT molecular complexity index is 395. The fourth-order valence-corrected chi connectivity index (χ4v) is 3.01. The van der Waals surface area contributed by atoms with Gasteiger partial charge in [-0.3, -0.25) is 0 Å². The van der Waals surface area contributed by atoms with Crippen LogP contribution >= 0.6 is 11.3 Å². The summed E-state index contributed by atoms with van der Waals surface area (Å²) in [6, 6.07) is 0. The molecular weight excluding hydrogens is 236 g/mol. The number of nitrogens with zero attached hydrogens (tertiary/aromatic N) is 2. The lowest BCUT2D eigenvalue weighted by atomic mass is 10.2. The third-order valence-electron chi connectivity index (χ3n) is 3.04. The molecule has 0 saturated carbocycles. The molecule has 0 N–H and O–H groups in total. The summed E-state index contributed by atoms with van der Waals surface area (Å²) in [5.41, 5.74) is 0.469. The van der Waals surface area contributed by atoms with Crippen molar-refractivity contribution >= 4 is 22.4 Å². The Morgan fingerprint density at radius 3 is 2.53 bits per heavy atom. The van der Waals surface area contributed by atoms with Crippen LogP contribution in [0.4, 0.5) is 5.13 Å². The number of esters is 1. The van der Waals surface area contributed by atoms with E-state index >= 15 is 0 Å². The van der Waals surface area contributed by atoms with Crippen LogP contribution in [0.1, 0.15) is 41.0 Å². The first kappa shape index (κ1) is 12.4. The van der Waals surface area contributed by atoms with E-state index in [-0.39, 0.29) is 5.97 Å². The molecule has 1 aliphatic heterocycles. The minimum absolute atomic E-state index is 0.333. The third-order valence-corrected chi connectivity index (χ3v) is 4.07. The lowest BCUT2D eigenvalue weighted by Gasteiger charge is -2.18. The van der Waals surface area contributed by atoms with Crippen molar-refractivity contribution in [3.8, 4) is 0 Å². The number of carbonyl (C=O) groups excluding carboxylic acids is 1. The molecule has 17 heavy (non-hydrogen) atoms. The van der Waals surface area contributed by atoms with Gasteiger partial charge in [0, 0.05) is 18.0 Å². The summed E-state index contributed by atoms with van der Waals surface area (Å²) in [7, 11) is 1.40. The van der Waals surface area contributed by atoms with E-state index in [0.717, 1.165) is 23.1 Å². The highest BCUT2D eigenvalue weighted by molar-refractivity contribution is 7.15. The van der Waals surface area contributed by atoms with Crippen molar-refractivity contribution < 1.29 is 9.53 Å². The van der Waals surface area contributed by atoms with Crippen LogP contribution in [0.2, 0.25) is 0 Å². The topological polar surface area (TPSA) is 42.4 Å². The van der Waals surface area contributed by atoms with Gasteiger partial charge >= 0.3 is 5.97 Å². The highest BCUT2D eigenvalue weighted by Gasteiger charge is 2.19. The number of hydrogen-bond donors (Lipinski definition) is 0. The Morgan fingerprint density at radius 2 is 1.94 bits per heavy atom. The number of thiazole rings is 1. The van der Waals surface area contributed by atoms with Gasteiger partial charge in [-0.05, 0) is 19.8 Å². The molecule has 94 valence electrons. The molecular formula is C12H18N2O2S. The molecule has 0 atom stereocenters. The van der Waals surface area contributed by atoms with Crippen LogP contribution in [0.3, 0.4) is 0 Å². The van der Waals surface area contributed by atoms with Gasteiger partial charge in [-0.2, -0.15) is 0 Å². The number of anilines is 1. The van der Waals surface area contributed by atoms with Crippen molar-refractivity contribution in [3.63, 3.8) is 0 Å². The van der Waals surface area contributed by atoms with E-state index in [1.54, 1.807) is 11.3 Å². The van der Waals surface area contributed by atoms with Gasteiger partial charge in [0.05, 0.1) is 7.11 Å². The maximum Gasteiger partial charge on any atom is 0.357 e. The van der Waals surface area contributed by atoms with Crippen molar-refractivity contribution in [1.29, 1.82) is 0 Å². The largest absolute Gasteiger partial charge is 0.464 e. The zero-order chi connectivity index (χ0) is 12.3. The Hall–Kier alpha value is -1.10. The second-order valence-corrected chi connectivity index (χ2v) is 5.48. The van der Waals surface area contributed by atoms with E-state index in [2.05, 4.69) is 9.88 Å². The van der Waals surface area contributed by atoms with Gasteiger partial charge in [-0.15, -0.1) is 11.3 Å². The van der Waals surface area contributed by atoms with Gasteiger partial charge in [0.2, 0.25) is 0 Å². The standard InChI is InChI=1S/C12H18N2O2S/c1-9-10(11(15)16-2)13-12(17-9)14-7-5-3-4-6-8-14/h3-8H2,1-2H3. The van der Waals surface area contributed by atoms with Gasteiger partial charge in [-0.1, -0.05) is 12.8 Å². The molecule has 0 aliphatic carbocycles. The predicted octanol–water partition coefficient (Wildman–Crippen LogP) is 2.62. The lowest BCUT2D eigenvalue weighted by molar-refractivity contribution is 0.0594. The van der Waals surface area contributed by atoms with Crippen molar-refractivity contribution in [2.45, 2.75) is 32.6 Å². The van der Waals surface area contributed by atoms with E-state index < -0.39 is 0 Å². The van der Waals surface area contributed by atoms with Crippen molar-refractivity contribution in [2.24, 2.45) is 0 Å². The lowest BCUT2D eigenvalue weighted by Crippen LogP contribution is -2.23. The number of methoxy groups -OCH3 is 1. The maximum atomic E-state index is 11.5. The summed E-state index contributed by atoms with van der Waals surface area (Å²) >= 11 is 1.59. The molecule has 5 heteroatoms. The average Bonchev–Trinajstić information content (AvgIpc) is 2.57. The SMILES string of the molecule is COC(=O)c1nc(N2CCCCCC2)sc1C. The van der Waals surface area contributed by atoms with Gasteiger partial charge < -0.3 is 9.64 Å². The summed E-state index contributed by atoms with van der Waals surface area (Å²) in [6.07, 6.45) is 5.02. The van der Waals surface area contributed by atoms with Crippen LogP contribution in [-0.4, -0.2) is 31.2 Å². The molecule has 2 heterocycles. The fourth-order valence-electron chi connectivity index (χ4n) is 2.07. The normalized spacial score (nSPS) is 16.7. The molecule has 4 nitrogen and oxygen atoms in total. The number of rotatable bonds is 2. The molecule has 1 aliphatic rings. The number of carbonyl (C=O) groups is 1. The van der Waals surface area contributed by atoms with Crippen LogP contribution in [-0.2, 0) is 4.74 Å². The second kappa shape index (κ2) is 5.49. The minimum atomic E-state index is -0.333. The number of aromatic nitrogens is 1. The number of ether oxygens (including phenoxy) is 1. The van der Waals surface area contributed by atoms with Crippen LogP contribution in [0.25, 0.3) is 0 Å². The Morgan fingerprint density at radius 1 is 1.29 bits per heavy atom. The fraction of sp³-hybridized carbons (Fsp3) is 0.667. The zero-order valence-electron chi connectivity index (χ0n) is 10.4. The average molecular weight is 254 g/mol. The van der Waals surface area contributed by atoms with Crippen molar-refractivity contribution in [3.05, 3.63) is 10.6 Å². The van der Waals surface area contributed by atoms with Gasteiger partial charge in [-0.25, -0.2) is 9.78 Å². The van der Waals surface area contributed by atoms with E-state index in [0.29, 0.717) is 5.69 Å². The summed E-state index contributed by atoms with van der Waals surface area (Å²) in [5.74, 6) is -0.333. The number of hydrogen-bond acceptors (Lipinski definition) is 5. The van der Waals surface area contributed by atoms with Crippen LogP contribution in [0.15, 0.2) is 0 Å². The van der Waals surface area contributed by atoms with Gasteiger partial charge in [0.25, 0.3) is 0 Å². The Kier molecular flexibility index (Phi) is 3.99. The highest BCUT2D eigenvalue weighted by atomic mass is 32.1. The van der Waals surface area contributed by atoms with Crippen molar-refractivity contribution in [2.75, 3.05) is 25.1 Å². The monoisotopic (exact) mass is 254 g/mol. The zero-order valence-corrected chi connectivity index (χ0v) is 11.2. The van der Waals surface area contributed by atoms with E-state index in [4.69, 9.17) is 4.74 Å². The quantitative estimate of drug-likeness (QED) is 0.761. The second-order valence-electron chi connectivity index (χ2n) is 4.29. The molecule has 0 radical (unpaired) electrons. The van der Waals surface area contributed by atoms with Crippen molar-refractivity contribution in [1.82, 2.24) is 4.98 Å². The molecule has 1 aromatic rings. The van der Waals surface area contributed by atoms with E-state index in [1.807, 2.05) is 6.92 Å². The first-order valence-corrected chi connectivity index (χ1v) is 6.84. The smallest absolute Gasteiger partial charge is 0.357 e. The first-order chi connectivity index (χ1) is 8.22. The van der Waals surface area contributed by atoms with E-state index in [9.17, 15) is 4.79 Å². The predicted molar refractivity (Wildman–Crippen MR) is 68.9 cm³/mol. The van der Waals surface area contributed by atoms with Crippen LogP contribution in [0.5, 0.6) is 0 Å². The molecule has 1 aromatic heterocycles. The summed E-state index contributed by atoms with van der Waals surface area (Å²) in [5, 5.41) is 0.963. The van der Waals surface area contributed by atoms with Crippen LogP contribution < -0.4 is 4.90 Å². The Labute approximate surface area is 106 Å².